The Labute approximate surface area is 245 Å². The lowest BCUT2D eigenvalue weighted by atomic mass is 9.83. The first-order chi connectivity index (χ1) is 19.7. The van der Waals surface area contributed by atoms with Crippen molar-refractivity contribution in [2.75, 3.05) is 6.61 Å². The lowest BCUT2D eigenvalue weighted by Gasteiger charge is -2.33. The first-order valence-corrected chi connectivity index (χ1v) is 15.9. The number of unbranched alkanes of at least 4 members (excludes halogenated alkanes) is 3. The van der Waals surface area contributed by atoms with Crippen LogP contribution in [0.1, 0.15) is 109 Å². The molecule has 0 radical (unpaired) electrons. The third-order valence-electron chi connectivity index (χ3n) is 8.97. The highest BCUT2D eigenvalue weighted by Crippen LogP contribution is 2.43. The van der Waals surface area contributed by atoms with Crippen molar-refractivity contribution >= 4 is 5.97 Å². The lowest BCUT2D eigenvalue weighted by molar-refractivity contribution is -0.198. The Bertz CT molecular complexity index is 863. The van der Waals surface area contributed by atoms with E-state index in [1.807, 2.05) is 37.3 Å². The minimum absolute atomic E-state index is 0.0224. The molecule has 1 aromatic rings. The molecule has 3 unspecified atom stereocenters. The van der Waals surface area contributed by atoms with Crippen LogP contribution in [0.2, 0.25) is 0 Å². The summed E-state index contributed by atoms with van der Waals surface area (Å²) in [6, 6.07) is 9.61. The van der Waals surface area contributed by atoms with Gasteiger partial charge in [0, 0.05) is 25.4 Å². The number of halogens is 2. The maximum Gasteiger partial charge on any atom is 0.306 e. The van der Waals surface area contributed by atoms with Gasteiger partial charge >= 0.3 is 5.97 Å². The third-order valence-corrected chi connectivity index (χ3v) is 8.97. The van der Waals surface area contributed by atoms with Crippen molar-refractivity contribution in [1.82, 2.24) is 0 Å². The Morgan fingerprint density at radius 2 is 1.83 bits per heavy atom. The molecule has 6 nitrogen and oxygen atoms in total. The van der Waals surface area contributed by atoms with Crippen LogP contribution in [0.5, 0.6) is 0 Å². The van der Waals surface area contributed by atoms with E-state index in [9.17, 15) is 23.8 Å². The molecule has 1 aromatic carbocycles. The number of carbonyl (C=O) groups excluding carboxylic acids is 1. The lowest BCUT2D eigenvalue weighted by Crippen LogP contribution is -2.40. The smallest absolute Gasteiger partial charge is 0.306 e. The van der Waals surface area contributed by atoms with Crippen molar-refractivity contribution < 1.29 is 38.0 Å². The number of hydrogen-bond acceptors (Lipinski definition) is 6. The standard InChI is InChI=1S/C33H52F2O6/c1-3-13-24(2)33(34,35)30(37)20-19-27-26(28(36)22-29(27)41-32-18-11-12-21-39-32)16-9-4-5-10-17-31(38)40-23-25-14-7-6-8-15-25/h6-8,14-15,24,26-30,32,36-37H,3-5,9-13,16-23H2,1-2H3/t24?,26-,27-,28-,29-,30?,32?/m1/s1. The summed E-state index contributed by atoms with van der Waals surface area (Å²) in [5.74, 6) is -4.42. The maximum absolute atomic E-state index is 14.8. The van der Waals surface area contributed by atoms with Gasteiger partial charge in [0.1, 0.15) is 12.7 Å². The van der Waals surface area contributed by atoms with E-state index in [1.165, 1.54) is 6.92 Å². The summed E-state index contributed by atoms with van der Waals surface area (Å²) in [4.78, 5) is 12.1. The zero-order chi connectivity index (χ0) is 29.7. The molecule has 0 aromatic heterocycles. The normalized spacial score (nSPS) is 26.5. The highest BCUT2D eigenvalue weighted by Gasteiger charge is 2.47. The molecule has 1 aliphatic heterocycles. The maximum atomic E-state index is 14.8. The van der Waals surface area contributed by atoms with E-state index in [2.05, 4.69) is 0 Å². The molecule has 2 fully saturated rings. The summed E-state index contributed by atoms with van der Waals surface area (Å²) in [7, 11) is 0. The van der Waals surface area contributed by atoms with E-state index in [0.29, 0.717) is 38.7 Å². The second kappa shape index (κ2) is 17.5. The monoisotopic (exact) mass is 582 g/mol. The topological polar surface area (TPSA) is 85.2 Å². The summed E-state index contributed by atoms with van der Waals surface area (Å²) >= 11 is 0. The number of hydrogen-bond donors (Lipinski definition) is 2. The highest BCUT2D eigenvalue weighted by molar-refractivity contribution is 5.69. The van der Waals surface area contributed by atoms with Crippen molar-refractivity contribution in [1.29, 1.82) is 0 Å². The van der Waals surface area contributed by atoms with E-state index in [0.717, 1.165) is 56.9 Å². The first-order valence-electron chi connectivity index (χ1n) is 15.9. The van der Waals surface area contributed by atoms with Gasteiger partial charge in [0.15, 0.2) is 6.29 Å². The summed E-state index contributed by atoms with van der Waals surface area (Å²) in [5.41, 5.74) is 0.967. The number of rotatable bonds is 18. The van der Waals surface area contributed by atoms with Crippen LogP contribution in [0.25, 0.3) is 0 Å². The molecule has 1 aliphatic carbocycles. The van der Waals surface area contributed by atoms with Crippen LogP contribution >= 0.6 is 0 Å². The molecule has 1 saturated carbocycles. The van der Waals surface area contributed by atoms with Gasteiger partial charge in [0.05, 0.1) is 12.2 Å². The van der Waals surface area contributed by atoms with Crippen molar-refractivity contribution in [3.63, 3.8) is 0 Å². The van der Waals surface area contributed by atoms with Crippen molar-refractivity contribution in [3.05, 3.63) is 35.9 Å². The fraction of sp³-hybridized carbons (Fsp3) is 0.788. The van der Waals surface area contributed by atoms with Crippen molar-refractivity contribution in [2.24, 2.45) is 17.8 Å². The quantitative estimate of drug-likeness (QED) is 0.141. The molecule has 1 heterocycles. The zero-order valence-electron chi connectivity index (χ0n) is 25.0. The van der Waals surface area contributed by atoms with E-state index in [4.69, 9.17) is 14.2 Å². The predicted molar refractivity (Wildman–Crippen MR) is 154 cm³/mol. The van der Waals surface area contributed by atoms with Crippen LogP contribution in [0.3, 0.4) is 0 Å². The molecule has 41 heavy (non-hydrogen) atoms. The Hall–Kier alpha value is -1.61. The molecule has 2 aliphatic rings. The van der Waals surface area contributed by atoms with E-state index in [1.54, 1.807) is 0 Å². The average molecular weight is 583 g/mol. The number of aliphatic hydroxyl groups is 2. The van der Waals surface area contributed by atoms with Gasteiger partial charge < -0.3 is 24.4 Å². The third kappa shape index (κ3) is 10.9. The molecule has 3 rings (SSSR count). The Kier molecular flexibility index (Phi) is 14.5. The number of esters is 1. The molecule has 0 amide bonds. The van der Waals surface area contributed by atoms with Crippen LogP contribution in [-0.2, 0) is 25.6 Å². The fourth-order valence-electron chi connectivity index (χ4n) is 6.43. The van der Waals surface area contributed by atoms with Crippen molar-refractivity contribution in [2.45, 2.75) is 141 Å². The number of benzene rings is 1. The second-order valence-corrected chi connectivity index (χ2v) is 12.2. The van der Waals surface area contributed by atoms with Gasteiger partial charge in [-0.25, -0.2) is 8.78 Å². The molecule has 0 bridgehead atoms. The number of aliphatic hydroxyl groups excluding tert-OH is 2. The minimum Gasteiger partial charge on any atom is -0.461 e. The van der Waals surface area contributed by atoms with Gasteiger partial charge in [-0.2, -0.15) is 0 Å². The van der Waals surface area contributed by atoms with Gasteiger partial charge in [0.25, 0.3) is 5.92 Å². The Morgan fingerprint density at radius 1 is 1.07 bits per heavy atom. The van der Waals surface area contributed by atoms with Gasteiger partial charge in [-0.15, -0.1) is 0 Å². The summed E-state index contributed by atoms with van der Waals surface area (Å²) in [5, 5.41) is 21.5. The highest BCUT2D eigenvalue weighted by atomic mass is 19.3. The molecule has 1 saturated heterocycles. The Balaban J connectivity index is 1.46. The number of ether oxygens (including phenoxy) is 3. The van der Waals surface area contributed by atoms with Gasteiger partial charge in [-0.3, -0.25) is 4.79 Å². The largest absolute Gasteiger partial charge is 0.461 e. The second-order valence-electron chi connectivity index (χ2n) is 12.2. The first kappa shape index (κ1) is 33.9. The van der Waals surface area contributed by atoms with Gasteiger partial charge in [0.2, 0.25) is 0 Å². The number of alkyl halides is 2. The Morgan fingerprint density at radius 3 is 2.54 bits per heavy atom. The van der Waals surface area contributed by atoms with E-state index < -0.39 is 24.0 Å². The number of carbonyl (C=O) groups is 1. The zero-order valence-corrected chi connectivity index (χ0v) is 25.0. The van der Waals surface area contributed by atoms with Crippen LogP contribution in [0.15, 0.2) is 30.3 Å². The molecule has 8 heteroatoms. The minimum atomic E-state index is -3.15. The molecule has 7 atom stereocenters. The molecule has 0 spiro atoms. The predicted octanol–water partition coefficient (Wildman–Crippen LogP) is 7.19. The van der Waals surface area contributed by atoms with Gasteiger partial charge in [-0.1, -0.05) is 69.9 Å². The average Bonchev–Trinajstić information content (AvgIpc) is 3.26. The summed E-state index contributed by atoms with van der Waals surface area (Å²) in [6.07, 6.45) is 6.31. The summed E-state index contributed by atoms with van der Waals surface area (Å²) < 4.78 is 47.1. The fourth-order valence-corrected chi connectivity index (χ4v) is 6.43. The molecular formula is C33H52F2O6. The van der Waals surface area contributed by atoms with Crippen LogP contribution < -0.4 is 0 Å². The molecular weight excluding hydrogens is 530 g/mol. The van der Waals surface area contributed by atoms with Crippen molar-refractivity contribution in [3.8, 4) is 0 Å². The summed E-state index contributed by atoms with van der Waals surface area (Å²) in [6.45, 7) is 4.31. The van der Waals surface area contributed by atoms with Crippen LogP contribution in [0, 0.1) is 17.8 Å². The molecule has 2 N–H and O–H groups in total. The molecule has 234 valence electrons. The van der Waals surface area contributed by atoms with Crippen LogP contribution in [-0.4, -0.2) is 53.3 Å². The van der Waals surface area contributed by atoms with Gasteiger partial charge in [-0.05, 0) is 68.8 Å². The van der Waals surface area contributed by atoms with E-state index in [-0.39, 0.29) is 43.2 Å². The SMILES string of the molecule is CCCC(C)C(F)(F)C(O)CC[C@@H]1[C@@H](CCCCCCC(=O)OCc2ccccc2)[C@H](O)C[C@H]1OC1CCCCO1. The van der Waals surface area contributed by atoms with Crippen LogP contribution in [0.4, 0.5) is 8.78 Å². The van der Waals surface area contributed by atoms with E-state index >= 15 is 0 Å².